The van der Waals surface area contributed by atoms with Crippen molar-refractivity contribution in [3.05, 3.63) is 23.8 Å². The molecule has 0 bridgehead atoms. The van der Waals surface area contributed by atoms with Gasteiger partial charge in [0, 0.05) is 25.5 Å². The van der Waals surface area contributed by atoms with Gasteiger partial charge in [-0.1, -0.05) is 0 Å². The lowest BCUT2D eigenvalue weighted by molar-refractivity contribution is -0.110. The van der Waals surface area contributed by atoms with E-state index in [4.69, 9.17) is 10.5 Å². The van der Waals surface area contributed by atoms with Gasteiger partial charge in [-0.2, -0.15) is 0 Å². The molecule has 1 atom stereocenters. The number of ether oxygens (including phenoxy) is 1. The number of likely N-dealkylation sites (tertiary alicyclic amines) is 1. The first kappa shape index (κ1) is 14.9. The largest absolute Gasteiger partial charge is 0.373 e. The number of primary amides is 1. The van der Waals surface area contributed by atoms with Gasteiger partial charge < -0.3 is 15.4 Å². The van der Waals surface area contributed by atoms with E-state index in [-0.39, 0.29) is 22.9 Å². The third-order valence-corrected chi connectivity index (χ3v) is 4.40. The molecule has 7 heteroatoms. The molecule has 3 heterocycles. The fraction of sp³-hybridized carbons (Fsp3) is 0.600. The number of aromatic nitrogens is 2. The molecule has 7 nitrogen and oxygen atoms in total. The van der Waals surface area contributed by atoms with Crippen LogP contribution in [-0.2, 0) is 4.74 Å². The van der Waals surface area contributed by atoms with Crippen LogP contribution in [0, 0.1) is 0 Å². The van der Waals surface area contributed by atoms with Crippen LogP contribution in [0.15, 0.2) is 12.4 Å². The molecule has 2 N–H and O–H groups in total. The van der Waals surface area contributed by atoms with Crippen molar-refractivity contribution in [3.63, 3.8) is 0 Å². The Hall–Kier alpha value is -2.02. The van der Waals surface area contributed by atoms with Gasteiger partial charge in [-0.15, -0.1) is 0 Å². The number of carbonyl (C=O) groups is 2. The first-order chi connectivity index (χ1) is 10.6. The second kappa shape index (κ2) is 6.00. The zero-order valence-electron chi connectivity index (χ0n) is 12.5. The summed E-state index contributed by atoms with van der Waals surface area (Å²) in [5.74, 6) is -1.03. The van der Waals surface area contributed by atoms with Crippen LogP contribution < -0.4 is 5.73 Å². The zero-order valence-corrected chi connectivity index (χ0v) is 12.5. The molecule has 3 rings (SSSR count). The summed E-state index contributed by atoms with van der Waals surface area (Å²) in [6.07, 6.45) is 7.79. The van der Waals surface area contributed by atoms with Crippen molar-refractivity contribution in [2.45, 2.75) is 37.7 Å². The van der Waals surface area contributed by atoms with Gasteiger partial charge >= 0.3 is 0 Å². The summed E-state index contributed by atoms with van der Waals surface area (Å²) >= 11 is 0. The second-order valence-electron chi connectivity index (χ2n) is 5.94. The van der Waals surface area contributed by atoms with Crippen molar-refractivity contribution in [3.8, 4) is 0 Å². The van der Waals surface area contributed by atoms with E-state index in [1.165, 1.54) is 12.4 Å². The molecular formula is C15H20N4O3. The number of nitrogens with two attached hydrogens (primary N) is 1. The molecule has 0 radical (unpaired) electrons. The average molecular weight is 304 g/mol. The van der Waals surface area contributed by atoms with Crippen LogP contribution >= 0.6 is 0 Å². The molecule has 22 heavy (non-hydrogen) atoms. The molecule has 2 aliphatic rings. The maximum Gasteiger partial charge on any atom is 0.275 e. The van der Waals surface area contributed by atoms with Gasteiger partial charge in [0.25, 0.3) is 11.8 Å². The van der Waals surface area contributed by atoms with E-state index < -0.39 is 5.91 Å². The molecular weight excluding hydrogens is 284 g/mol. The highest BCUT2D eigenvalue weighted by atomic mass is 16.5. The van der Waals surface area contributed by atoms with Crippen molar-refractivity contribution < 1.29 is 14.3 Å². The van der Waals surface area contributed by atoms with Crippen LogP contribution in [0.1, 0.15) is 53.1 Å². The number of piperidine rings is 1. The Morgan fingerprint density at radius 1 is 1.14 bits per heavy atom. The van der Waals surface area contributed by atoms with Crippen molar-refractivity contribution in [1.82, 2.24) is 14.9 Å². The highest BCUT2D eigenvalue weighted by Gasteiger charge is 2.40. The zero-order chi connectivity index (χ0) is 15.6. The molecule has 2 fully saturated rings. The molecule has 2 saturated heterocycles. The highest BCUT2D eigenvalue weighted by Crippen LogP contribution is 2.34. The Morgan fingerprint density at radius 2 is 1.86 bits per heavy atom. The van der Waals surface area contributed by atoms with E-state index in [0.29, 0.717) is 13.1 Å². The molecule has 0 aliphatic carbocycles. The number of carbonyl (C=O) groups excluding carboxylic acids is 2. The molecule has 1 aromatic heterocycles. The summed E-state index contributed by atoms with van der Waals surface area (Å²) in [7, 11) is 0. The van der Waals surface area contributed by atoms with Crippen LogP contribution in [0.5, 0.6) is 0 Å². The predicted octanol–water partition coefficient (Wildman–Crippen LogP) is 0.751. The topological polar surface area (TPSA) is 98.4 Å². The Kier molecular flexibility index (Phi) is 4.06. The molecule has 2 amide bonds. The Morgan fingerprint density at radius 3 is 2.55 bits per heavy atom. The van der Waals surface area contributed by atoms with Gasteiger partial charge in [0.15, 0.2) is 11.4 Å². The highest BCUT2D eigenvalue weighted by molar-refractivity contribution is 6.04. The lowest BCUT2D eigenvalue weighted by atomic mass is 9.85. The Balaban J connectivity index is 1.81. The number of nitrogens with zero attached hydrogens (tertiary/aromatic N) is 3. The second-order valence-corrected chi connectivity index (χ2v) is 5.94. The summed E-state index contributed by atoms with van der Waals surface area (Å²) < 4.78 is 5.98. The van der Waals surface area contributed by atoms with Crippen molar-refractivity contribution in [1.29, 1.82) is 0 Å². The summed E-state index contributed by atoms with van der Waals surface area (Å²) in [5, 5.41) is 0. The van der Waals surface area contributed by atoms with E-state index in [2.05, 4.69) is 9.97 Å². The van der Waals surface area contributed by atoms with Crippen LogP contribution in [-0.4, -0.2) is 52.0 Å². The maximum atomic E-state index is 12.7. The van der Waals surface area contributed by atoms with Crippen molar-refractivity contribution in [2.24, 2.45) is 5.73 Å². The fourth-order valence-electron chi connectivity index (χ4n) is 3.33. The number of rotatable bonds is 2. The van der Waals surface area contributed by atoms with Gasteiger partial charge in [0.2, 0.25) is 0 Å². The molecule has 1 unspecified atom stereocenters. The normalized spacial score (nSPS) is 25.2. The van der Waals surface area contributed by atoms with Gasteiger partial charge in [-0.05, 0) is 32.1 Å². The minimum Gasteiger partial charge on any atom is -0.373 e. The molecule has 1 aromatic rings. The third kappa shape index (κ3) is 2.81. The van der Waals surface area contributed by atoms with Gasteiger partial charge in [-0.3, -0.25) is 9.59 Å². The molecule has 118 valence electrons. The molecule has 0 aromatic carbocycles. The van der Waals surface area contributed by atoms with Gasteiger partial charge in [0.05, 0.1) is 12.1 Å². The van der Waals surface area contributed by atoms with E-state index in [1.807, 2.05) is 0 Å². The van der Waals surface area contributed by atoms with E-state index in [0.717, 1.165) is 38.7 Å². The standard InChI is InChI=1S/C15H20N4O3/c16-13(20)11-12(18-7-6-17-11)14(21)19-8-3-5-15(10-19)4-1-2-9-22-15/h6-7H,1-5,8-10H2,(H2,16,20). The summed E-state index contributed by atoms with van der Waals surface area (Å²) in [4.78, 5) is 33.7. The van der Waals surface area contributed by atoms with Gasteiger partial charge in [-0.25, -0.2) is 9.97 Å². The fourth-order valence-corrected chi connectivity index (χ4v) is 3.33. The molecule has 0 saturated carbocycles. The van der Waals surface area contributed by atoms with Crippen LogP contribution in [0.4, 0.5) is 0 Å². The van der Waals surface area contributed by atoms with Crippen molar-refractivity contribution >= 4 is 11.8 Å². The SMILES string of the molecule is NC(=O)c1nccnc1C(=O)N1CCCC2(CCCCO2)C1. The average Bonchev–Trinajstić information content (AvgIpc) is 2.55. The monoisotopic (exact) mass is 304 g/mol. The lowest BCUT2D eigenvalue weighted by Crippen LogP contribution is -2.53. The van der Waals surface area contributed by atoms with E-state index in [9.17, 15) is 9.59 Å². The molecule has 1 spiro atoms. The predicted molar refractivity (Wildman–Crippen MR) is 78.2 cm³/mol. The number of amides is 2. The Bertz CT molecular complexity index is 578. The summed E-state index contributed by atoms with van der Waals surface area (Å²) in [5.41, 5.74) is 5.00. The first-order valence-corrected chi connectivity index (χ1v) is 7.65. The minimum absolute atomic E-state index is 0.0304. The van der Waals surface area contributed by atoms with Crippen LogP contribution in [0.3, 0.4) is 0 Å². The number of hydrogen-bond donors (Lipinski definition) is 1. The first-order valence-electron chi connectivity index (χ1n) is 7.65. The van der Waals surface area contributed by atoms with Gasteiger partial charge in [0.1, 0.15) is 0 Å². The van der Waals surface area contributed by atoms with Crippen LogP contribution in [0.2, 0.25) is 0 Å². The minimum atomic E-state index is -0.739. The third-order valence-electron chi connectivity index (χ3n) is 4.40. The maximum absolute atomic E-state index is 12.7. The summed E-state index contributed by atoms with van der Waals surface area (Å²) in [6.45, 7) is 1.93. The van der Waals surface area contributed by atoms with E-state index >= 15 is 0 Å². The smallest absolute Gasteiger partial charge is 0.275 e. The van der Waals surface area contributed by atoms with Crippen molar-refractivity contribution in [2.75, 3.05) is 19.7 Å². The van der Waals surface area contributed by atoms with E-state index in [1.54, 1.807) is 4.90 Å². The molecule has 2 aliphatic heterocycles. The Labute approximate surface area is 128 Å². The lowest BCUT2D eigenvalue weighted by Gasteiger charge is -2.44. The number of hydrogen-bond acceptors (Lipinski definition) is 5. The quantitative estimate of drug-likeness (QED) is 0.869. The summed E-state index contributed by atoms with van der Waals surface area (Å²) in [6, 6.07) is 0. The van der Waals surface area contributed by atoms with Crippen LogP contribution in [0.25, 0.3) is 0 Å².